The molecule has 0 unspecified atom stereocenters. The van der Waals surface area contributed by atoms with Crippen molar-refractivity contribution in [2.24, 2.45) is 0 Å². The zero-order chi connectivity index (χ0) is 15.5. The minimum atomic E-state index is -0.251. The summed E-state index contributed by atoms with van der Waals surface area (Å²) in [5.41, 5.74) is 1.98. The van der Waals surface area contributed by atoms with Crippen LogP contribution in [0.25, 0.3) is 21.3 Å². The van der Waals surface area contributed by atoms with Gasteiger partial charge in [0.15, 0.2) is 0 Å². The summed E-state index contributed by atoms with van der Waals surface area (Å²) in [6.07, 6.45) is 2.19. The summed E-state index contributed by atoms with van der Waals surface area (Å²) in [6, 6.07) is 6.46. The number of aromatic nitrogens is 2. The van der Waals surface area contributed by atoms with Crippen LogP contribution >= 0.6 is 11.3 Å². The Labute approximate surface area is 131 Å². The Hall–Kier alpha value is -2.05. The SMILES string of the molecule is Cc1sc2ncnc(NCCCO)c2c1-c1ccc(F)cc1. The summed E-state index contributed by atoms with van der Waals surface area (Å²) in [5.74, 6) is 0.501. The first-order valence-electron chi connectivity index (χ1n) is 7.05. The standard InChI is InChI=1S/C16H16FN3OS/c1-10-13(11-3-5-12(17)6-4-11)14-15(18-7-2-8-21)19-9-20-16(14)22-10/h3-6,9,21H,2,7-8H2,1H3,(H,18,19,20). The van der Waals surface area contributed by atoms with Crippen molar-refractivity contribution in [3.8, 4) is 11.1 Å². The number of rotatable bonds is 5. The Balaban J connectivity index is 2.12. The fraction of sp³-hybridized carbons (Fsp3) is 0.250. The normalized spacial score (nSPS) is 11.0. The second kappa shape index (κ2) is 6.37. The van der Waals surface area contributed by atoms with Crippen LogP contribution in [0.2, 0.25) is 0 Å². The maximum atomic E-state index is 13.2. The summed E-state index contributed by atoms with van der Waals surface area (Å²) in [4.78, 5) is 10.7. The second-order valence-electron chi connectivity index (χ2n) is 4.95. The van der Waals surface area contributed by atoms with E-state index in [1.54, 1.807) is 23.5 Å². The Morgan fingerprint density at radius 3 is 2.73 bits per heavy atom. The summed E-state index contributed by atoms with van der Waals surface area (Å²) in [7, 11) is 0. The smallest absolute Gasteiger partial charge is 0.138 e. The molecule has 2 aromatic heterocycles. The number of hydrogen-bond acceptors (Lipinski definition) is 5. The maximum absolute atomic E-state index is 13.2. The van der Waals surface area contributed by atoms with Crippen LogP contribution in [0.15, 0.2) is 30.6 Å². The van der Waals surface area contributed by atoms with Gasteiger partial charge in [-0.15, -0.1) is 11.3 Å². The van der Waals surface area contributed by atoms with E-state index in [1.165, 1.54) is 18.5 Å². The molecular weight excluding hydrogens is 301 g/mol. The molecule has 3 aromatic rings. The van der Waals surface area contributed by atoms with Gasteiger partial charge in [-0.2, -0.15) is 0 Å². The van der Waals surface area contributed by atoms with Crippen LogP contribution in [0.4, 0.5) is 10.2 Å². The predicted molar refractivity (Wildman–Crippen MR) is 87.7 cm³/mol. The summed E-state index contributed by atoms with van der Waals surface area (Å²) < 4.78 is 13.2. The van der Waals surface area contributed by atoms with Gasteiger partial charge in [0, 0.05) is 23.6 Å². The molecule has 22 heavy (non-hydrogen) atoms. The van der Waals surface area contributed by atoms with Crippen LogP contribution in [0, 0.1) is 12.7 Å². The minimum absolute atomic E-state index is 0.134. The number of hydrogen-bond donors (Lipinski definition) is 2. The molecule has 0 radical (unpaired) electrons. The van der Waals surface area contributed by atoms with E-state index in [2.05, 4.69) is 15.3 Å². The van der Waals surface area contributed by atoms with Gasteiger partial charge in [-0.3, -0.25) is 0 Å². The first kappa shape index (κ1) is 14.9. The molecule has 4 nitrogen and oxygen atoms in total. The van der Waals surface area contributed by atoms with E-state index >= 15 is 0 Å². The molecule has 1 aromatic carbocycles. The zero-order valence-corrected chi connectivity index (χ0v) is 13.0. The highest BCUT2D eigenvalue weighted by atomic mass is 32.1. The largest absolute Gasteiger partial charge is 0.396 e. The summed E-state index contributed by atoms with van der Waals surface area (Å²) in [6.45, 7) is 2.80. The molecule has 0 saturated heterocycles. The van der Waals surface area contributed by atoms with E-state index in [4.69, 9.17) is 5.11 Å². The quantitative estimate of drug-likeness (QED) is 0.706. The number of aryl methyl sites for hydroxylation is 1. The van der Waals surface area contributed by atoms with Crippen LogP contribution in [-0.4, -0.2) is 28.2 Å². The lowest BCUT2D eigenvalue weighted by molar-refractivity contribution is 0.292. The molecule has 0 saturated carbocycles. The van der Waals surface area contributed by atoms with Gasteiger partial charge in [0.05, 0.1) is 5.39 Å². The Kier molecular flexibility index (Phi) is 4.31. The molecule has 114 valence electrons. The number of thiophene rings is 1. The van der Waals surface area contributed by atoms with Gasteiger partial charge in [0.2, 0.25) is 0 Å². The van der Waals surface area contributed by atoms with E-state index < -0.39 is 0 Å². The van der Waals surface area contributed by atoms with E-state index in [-0.39, 0.29) is 12.4 Å². The van der Waals surface area contributed by atoms with Gasteiger partial charge in [0.25, 0.3) is 0 Å². The van der Waals surface area contributed by atoms with Gasteiger partial charge in [-0.05, 0) is 31.0 Å². The number of benzene rings is 1. The molecule has 0 aliphatic rings. The van der Waals surface area contributed by atoms with E-state index in [9.17, 15) is 4.39 Å². The fourth-order valence-electron chi connectivity index (χ4n) is 2.43. The predicted octanol–water partition coefficient (Wildman–Crippen LogP) is 3.60. The number of nitrogens with zero attached hydrogens (tertiary/aromatic N) is 2. The van der Waals surface area contributed by atoms with Crippen molar-refractivity contribution >= 4 is 27.4 Å². The van der Waals surface area contributed by atoms with Crippen LogP contribution < -0.4 is 5.32 Å². The van der Waals surface area contributed by atoms with Crippen LogP contribution in [0.3, 0.4) is 0 Å². The lowest BCUT2D eigenvalue weighted by atomic mass is 10.0. The van der Waals surface area contributed by atoms with Crippen molar-refractivity contribution in [2.75, 3.05) is 18.5 Å². The van der Waals surface area contributed by atoms with Crippen LogP contribution in [-0.2, 0) is 0 Å². The monoisotopic (exact) mass is 317 g/mol. The van der Waals surface area contributed by atoms with Gasteiger partial charge in [-0.25, -0.2) is 14.4 Å². The van der Waals surface area contributed by atoms with E-state index in [1.807, 2.05) is 6.92 Å². The first-order chi connectivity index (χ1) is 10.7. The van der Waals surface area contributed by atoms with Crippen molar-refractivity contribution < 1.29 is 9.50 Å². The Morgan fingerprint density at radius 2 is 2.00 bits per heavy atom. The third-order valence-electron chi connectivity index (χ3n) is 3.42. The molecular formula is C16H16FN3OS. The highest BCUT2D eigenvalue weighted by Gasteiger charge is 2.16. The summed E-state index contributed by atoms with van der Waals surface area (Å²) in [5, 5.41) is 13.1. The van der Waals surface area contributed by atoms with Gasteiger partial charge < -0.3 is 10.4 Å². The molecule has 3 rings (SSSR count). The molecule has 0 aliphatic heterocycles. The number of aliphatic hydroxyl groups excluding tert-OH is 1. The lowest BCUT2D eigenvalue weighted by Crippen LogP contribution is -2.05. The van der Waals surface area contributed by atoms with Crippen molar-refractivity contribution in [1.82, 2.24) is 9.97 Å². The van der Waals surface area contributed by atoms with E-state index in [0.717, 1.165) is 32.0 Å². The molecule has 6 heteroatoms. The molecule has 2 heterocycles. The van der Waals surface area contributed by atoms with Crippen molar-refractivity contribution in [3.63, 3.8) is 0 Å². The number of fused-ring (bicyclic) bond motifs is 1. The molecule has 0 atom stereocenters. The van der Waals surface area contributed by atoms with Crippen LogP contribution in [0.5, 0.6) is 0 Å². The first-order valence-corrected chi connectivity index (χ1v) is 7.87. The number of halogens is 1. The lowest BCUT2D eigenvalue weighted by Gasteiger charge is -2.08. The van der Waals surface area contributed by atoms with Crippen molar-refractivity contribution in [2.45, 2.75) is 13.3 Å². The van der Waals surface area contributed by atoms with Gasteiger partial charge in [-0.1, -0.05) is 12.1 Å². The average Bonchev–Trinajstić information content (AvgIpc) is 2.85. The van der Waals surface area contributed by atoms with Crippen molar-refractivity contribution in [1.29, 1.82) is 0 Å². The molecule has 2 N–H and O–H groups in total. The van der Waals surface area contributed by atoms with Crippen LogP contribution in [0.1, 0.15) is 11.3 Å². The number of anilines is 1. The van der Waals surface area contributed by atoms with Gasteiger partial charge in [0.1, 0.15) is 22.8 Å². The molecule has 0 aliphatic carbocycles. The topological polar surface area (TPSA) is 58.0 Å². The Morgan fingerprint density at radius 1 is 1.23 bits per heavy atom. The average molecular weight is 317 g/mol. The van der Waals surface area contributed by atoms with E-state index in [0.29, 0.717) is 13.0 Å². The maximum Gasteiger partial charge on any atom is 0.138 e. The highest BCUT2D eigenvalue weighted by Crippen LogP contribution is 2.40. The molecule has 0 bridgehead atoms. The fourth-order valence-corrected chi connectivity index (χ4v) is 3.44. The highest BCUT2D eigenvalue weighted by molar-refractivity contribution is 7.19. The van der Waals surface area contributed by atoms with Crippen molar-refractivity contribution in [3.05, 3.63) is 41.3 Å². The number of aliphatic hydroxyl groups is 1. The molecule has 0 fully saturated rings. The van der Waals surface area contributed by atoms with Gasteiger partial charge >= 0.3 is 0 Å². The second-order valence-corrected chi connectivity index (χ2v) is 6.15. The Bertz CT molecular complexity index is 786. The third-order valence-corrected chi connectivity index (χ3v) is 4.44. The molecule has 0 spiro atoms. The zero-order valence-electron chi connectivity index (χ0n) is 12.1. The summed E-state index contributed by atoms with van der Waals surface area (Å²) >= 11 is 1.60. The number of nitrogens with one attached hydrogen (secondary N) is 1. The molecule has 0 amide bonds. The minimum Gasteiger partial charge on any atom is -0.396 e. The third kappa shape index (κ3) is 2.80.